The van der Waals surface area contributed by atoms with E-state index >= 15 is 0 Å². The van der Waals surface area contributed by atoms with Crippen molar-refractivity contribution in [3.63, 3.8) is 0 Å². The summed E-state index contributed by atoms with van der Waals surface area (Å²) >= 11 is 0. The number of rotatable bonds is 3. The number of methoxy groups -OCH3 is 1. The first-order valence-corrected chi connectivity index (χ1v) is 8.55. The normalized spacial score (nSPS) is 15.5. The molecule has 1 aliphatic heterocycles. The van der Waals surface area contributed by atoms with E-state index in [4.69, 9.17) is 9.47 Å². The molecule has 2 rings (SSSR count). The Hall–Kier alpha value is -2.57. The molecule has 0 atom stereocenters. The maximum absolute atomic E-state index is 12.1. The molecule has 0 radical (unpaired) electrons. The van der Waals surface area contributed by atoms with Gasteiger partial charge in [-0.15, -0.1) is 0 Å². The van der Waals surface area contributed by atoms with Gasteiger partial charge in [0.15, 0.2) is 0 Å². The van der Waals surface area contributed by atoms with E-state index in [1.54, 1.807) is 17.0 Å². The zero-order valence-corrected chi connectivity index (χ0v) is 15.6. The Morgan fingerprint density at radius 3 is 2.15 bits per heavy atom. The average molecular weight is 363 g/mol. The van der Waals surface area contributed by atoms with Crippen LogP contribution in [0, 0.1) is 0 Å². The Labute approximate surface area is 152 Å². The van der Waals surface area contributed by atoms with Crippen LogP contribution in [0.1, 0.15) is 65.8 Å². The van der Waals surface area contributed by atoms with Crippen molar-refractivity contribution in [3.8, 4) is 0 Å². The molecule has 1 aromatic rings. The molecule has 1 amide bonds. The molecule has 1 heterocycles. The lowest BCUT2D eigenvalue weighted by Gasteiger charge is -2.33. The summed E-state index contributed by atoms with van der Waals surface area (Å²) in [6.45, 7) is 6.51. The van der Waals surface area contributed by atoms with Crippen LogP contribution in [0.3, 0.4) is 0 Å². The molecule has 1 aromatic carbocycles. The summed E-state index contributed by atoms with van der Waals surface area (Å²) in [7, 11) is 1.26. The lowest BCUT2D eigenvalue weighted by Crippen LogP contribution is -2.41. The number of nitrogens with zero attached hydrogens (tertiary/aromatic N) is 1. The topological polar surface area (TPSA) is 93.1 Å². The molecule has 0 aromatic heterocycles. The van der Waals surface area contributed by atoms with Gasteiger partial charge in [-0.25, -0.2) is 14.4 Å². The van der Waals surface area contributed by atoms with E-state index in [1.807, 2.05) is 20.8 Å². The van der Waals surface area contributed by atoms with E-state index in [0.29, 0.717) is 25.9 Å². The first kappa shape index (κ1) is 19.8. The SMILES string of the molecule is COC(=O)c1cc(C(=O)O)cc(C2CCN(C(=O)OC(C)(C)C)CC2)c1. The molecule has 0 bridgehead atoms. The zero-order valence-electron chi connectivity index (χ0n) is 15.6. The molecular formula is C19H25NO6. The minimum absolute atomic E-state index is 0.0532. The third kappa shape index (κ3) is 4.97. The van der Waals surface area contributed by atoms with E-state index in [9.17, 15) is 19.5 Å². The largest absolute Gasteiger partial charge is 0.478 e. The molecule has 0 unspecified atom stereocenters. The molecule has 26 heavy (non-hydrogen) atoms. The third-order valence-corrected chi connectivity index (χ3v) is 4.24. The molecule has 142 valence electrons. The smallest absolute Gasteiger partial charge is 0.410 e. The van der Waals surface area contributed by atoms with E-state index in [0.717, 1.165) is 5.56 Å². The summed E-state index contributed by atoms with van der Waals surface area (Å²) in [6, 6.07) is 4.57. The number of hydrogen-bond donors (Lipinski definition) is 1. The maximum atomic E-state index is 12.1. The molecule has 1 N–H and O–H groups in total. The fourth-order valence-electron chi connectivity index (χ4n) is 2.97. The van der Waals surface area contributed by atoms with E-state index in [2.05, 4.69) is 0 Å². The van der Waals surface area contributed by atoms with Gasteiger partial charge in [-0.05, 0) is 63.3 Å². The van der Waals surface area contributed by atoms with Crippen molar-refractivity contribution in [1.82, 2.24) is 4.90 Å². The highest BCUT2D eigenvalue weighted by Gasteiger charge is 2.28. The number of carbonyl (C=O) groups is 3. The van der Waals surface area contributed by atoms with Crippen molar-refractivity contribution < 1.29 is 29.0 Å². The predicted octanol–water partition coefficient (Wildman–Crippen LogP) is 3.29. The lowest BCUT2D eigenvalue weighted by molar-refractivity contribution is 0.0204. The number of carboxylic acids is 1. The Morgan fingerprint density at radius 1 is 1.08 bits per heavy atom. The summed E-state index contributed by atoms with van der Waals surface area (Å²) < 4.78 is 10.1. The molecule has 0 aliphatic carbocycles. The Balaban J connectivity index is 2.13. The molecule has 1 saturated heterocycles. The second-order valence-electron chi connectivity index (χ2n) is 7.38. The number of esters is 1. The van der Waals surface area contributed by atoms with Gasteiger partial charge < -0.3 is 19.5 Å². The third-order valence-electron chi connectivity index (χ3n) is 4.24. The maximum Gasteiger partial charge on any atom is 0.410 e. The Kier molecular flexibility index (Phi) is 5.90. The standard InChI is InChI=1S/C19H25NO6/c1-19(2,3)26-18(24)20-7-5-12(6-8-20)13-9-14(16(21)22)11-15(10-13)17(23)25-4/h9-12H,5-8H2,1-4H3,(H,21,22). The van der Waals surface area contributed by atoms with Crippen molar-refractivity contribution in [2.24, 2.45) is 0 Å². The number of benzene rings is 1. The van der Waals surface area contributed by atoms with Gasteiger partial charge in [0.1, 0.15) is 5.60 Å². The van der Waals surface area contributed by atoms with Crippen LogP contribution >= 0.6 is 0 Å². The van der Waals surface area contributed by atoms with Gasteiger partial charge in [0.2, 0.25) is 0 Å². The second-order valence-corrected chi connectivity index (χ2v) is 7.38. The predicted molar refractivity (Wildman–Crippen MR) is 94.5 cm³/mol. The van der Waals surface area contributed by atoms with E-state index in [1.165, 1.54) is 13.2 Å². The molecule has 1 aliphatic rings. The number of likely N-dealkylation sites (tertiary alicyclic amines) is 1. The summed E-state index contributed by atoms with van der Waals surface area (Å²) in [5, 5.41) is 9.29. The number of amides is 1. The minimum atomic E-state index is -1.09. The van der Waals surface area contributed by atoms with Crippen LogP contribution < -0.4 is 0 Å². The first-order chi connectivity index (χ1) is 12.1. The molecule has 0 saturated carbocycles. The molecule has 0 spiro atoms. The van der Waals surface area contributed by atoms with Gasteiger partial charge in [0, 0.05) is 13.1 Å². The Bertz CT molecular complexity index is 698. The number of ether oxygens (including phenoxy) is 2. The van der Waals surface area contributed by atoms with Crippen LogP contribution in [-0.4, -0.2) is 53.8 Å². The van der Waals surface area contributed by atoms with Crippen molar-refractivity contribution >= 4 is 18.0 Å². The van der Waals surface area contributed by atoms with Gasteiger partial charge in [-0.2, -0.15) is 0 Å². The fraction of sp³-hybridized carbons (Fsp3) is 0.526. The first-order valence-electron chi connectivity index (χ1n) is 8.55. The monoisotopic (exact) mass is 363 g/mol. The van der Waals surface area contributed by atoms with Crippen molar-refractivity contribution in [2.75, 3.05) is 20.2 Å². The van der Waals surface area contributed by atoms with E-state index < -0.39 is 17.5 Å². The number of aromatic carboxylic acids is 1. The lowest BCUT2D eigenvalue weighted by atomic mass is 9.87. The van der Waals surface area contributed by atoms with Gasteiger partial charge >= 0.3 is 18.0 Å². The highest BCUT2D eigenvalue weighted by molar-refractivity contribution is 5.95. The fourth-order valence-corrected chi connectivity index (χ4v) is 2.97. The van der Waals surface area contributed by atoms with Crippen molar-refractivity contribution in [3.05, 3.63) is 34.9 Å². The van der Waals surface area contributed by atoms with Crippen LogP contribution in [0.4, 0.5) is 4.79 Å². The van der Waals surface area contributed by atoms with E-state index in [-0.39, 0.29) is 23.1 Å². The number of piperidine rings is 1. The van der Waals surface area contributed by atoms with Crippen LogP contribution in [0.25, 0.3) is 0 Å². The average Bonchev–Trinajstić information content (AvgIpc) is 2.59. The highest BCUT2D eigenvalue weighted by atomic mass is 16.6. The summed E-state index contributed by atoms with van der Waals surface area (Å²) in [5.74, 6) is -1.60. The minimum Gasteiger partial charge on any atom is -0.478 e. The summed E-state index contributed by atoms with van der Waals surface area (Å²) in [4.78, 5) is 37.0. The van der Waals surface area contributed by atoms with Gasteiger partial charge in [0.25, 0.3) is 0 Å². The number of carbonyl (C=O) groups excluding carboxylic acids is 2. The molecule has 7 nitrogen and oxygen atoms in total. The zero-order chi connectivity index (χ0) is 19.5. The highest BCUT2D eigenvalue weighted by Crippen LogP contribution is 2.30. The van der Waals surface area contributed by atoms with Gasteiger partial charge in [0.05, 0.1) is 18.2 Å². The second kappa shape index (κ2) is 7.76. The van der Waals surface area contributed by atoms with Gasteiger partial charge in [-0.1, -0.05) is 0 Å². The number of hydrogen-bond acceptors (Lipinski definition) is 5. The summed E-state index contributed by atoms with van der Waals surface area (Å²) in [6.07, 6.45) is 0.997. The molecule has 7 heteroatoms. The van der Waals surface area contributed by atoms with Crippen LogP contribution in [0.2, 0.25) is 0 Å². The Morgan fingerprint density at radius 2 is 1.65 bits per heavy atom. The molecule has 1 fully saturated rings. The van der Waals surface area contributed by atoms with Crippen LogP contribution in [0.5, 0.6) is 0 Å². The van der Waals surface area contributed by atoms with Gasteiger partial charge in [-0.3, -0.25) is 0 Å². The van der Waals surface area contributed by atoms with Crippen LogP contribution in [0.15, 0.2) is 18.2 Å². The number of carboxylic acid groups (broad SMARTS) is 1. The summed E-state index contributed by atoms with van der Waals surface area (Å²) in [5.41, 5.74) is 0.502. The molecular weight excluding hydrogens is 338 g/mol. The quantitative estimate of drug-likeness (QED) is 0.829. The van der Waals surface area contributed by atoms with Crippen LogP contribution in [-0.2, 0) is 9.47 Å². The van der Waals surface area contributed by atoms with Crippen molar-refractivity contribution in [1.29, 1.82) is 0 Å². The van der Waals surface area contributed by atoms with Crippen molar-refractivity contribution in [2.45, 2.75) is 45.1 Å².